The van der Waals surface area contributed by atoms with E-state index >= 15 is 0 Å². The number of nitrogens with zero attached hydrogens (tertiary/aromatic N) is 1. The summed E-state index contributed by atoms with van der Waals surface area (Å²) < 4.78 is 0. The fourth-order valence-corrected chi connectivity index (χ4v) is 3.57. The molecular weight excluding hydrogens is 279 g/mol. The first-order valence-electron chi connectivity index (χ1n) is 7.03. The molecule has 0 aliphatic heterocycles. The Morgan fingerprint density at radius 2 is 2.11 bits per heavy atom. The minimum atomic E-state index is 0.599. The maximum absolute atomic E-state index is 6.27. The quantitative estimate of drug-likeness (QED) is 0.892. The van der Waals surface area contributed by atoms with Crippen molar-refractivity contribution in [2.24, 2.45) is 11.7 Å². The Hall–Kier alpha value is -0.280. The molecule has 0 radical (unpaired) electrons. The molecule has 1 aliphatic carbocycles. The van der Waals surface area contributed by atoms with E-state index in [1.165, 1.54) is 19.3 Å². The molecule has 4 heteroatoms. The van der Waals surface area contributed by atoms with E-state index in [9.17, 15) is 0 Å². The van der Waals surface area contributed by atoms with Crippen LogP contribution in [-0.2, 0) is 6.54 Å². The van der Waals surface area contributed by atoms with E-state index in [1.54, 1.807) is 0 Å². The summed E-state index contributed by atoms with van der Waals surface area (Å²) in [7, 11) is 0. The normalized spacial score (nSPS) is 23.2. The third kappa shape index (κ3) is 3.63. The molecule has 2 rings (SSSR count). The summed E-state index contributed by atoms with van der Waals surface area (Å²) in [6.45, 7) is 4.90. The van der Waals surface area contributed by atoms with Gasteiger partial charge in [0, 0.05) is 22.6 Å². The summed E-state index contributed by atoms with van der Waals surface area (Å²) in [6, 6.07) is 6.36. The summed E-state index contributed by atoms with van der Waals surface area (Å²) in [5.74, 6) is 0.631. The van der Waals surface area contributed by atoms with Gasteiger partial charge in [0.2, 0.25) is 0 Å². The van der Waals surface area contributed by atoms with Gasteiger partial charge in [-0.3, -0.25) is 4.90 Å². The van der Waals surface area contributed by atoms with Crippen molar-refractivity contribution in [2.75, 3.05) is 13.1 Å². The van der Waals surface area contributed by atoms with Crippen LogP contribution in [0.3, 0.4) is 0 Å². The predicted molar refractivity (Wildman–Crippen MR) is 82.7 cm³/mol. The van der Waals surface area contributed by atoms with Crippen LogP contribution in [0.4, 0.5) is 0 Å². The van der Waals surface area contributed by atoms with Gasteiger partial charge >= 0.3 is 0 Å². The van der Waals surface area contributed by atoms with Crippen LogP contribution in [0.1, 0.15) is 31.7 Å². The SMILES string of the molecule is CCN(Cc1ccc(Cl)cc1Cl)C1CCCC1CN. The smallest absolute Gasteiger partial charge is 0.0465 e. The van der Waals surface area contributed by atoms with Crippen molar-refractivity contribution in [1.29, 1.82) is 0 Å². The Balaban J connectivity index is 2.10. The second-order valence-corrected chi connectivity index (χ2v) is 6.14. The molecule has 2 atom stereocenters. The van der Waals surface area contributed by atoms with Gasteiger partial charge in [-0.15, -0.1) is 0 Å². The van der Waals surface area contributed by atoms with E-state index in [-0.39, 0.29) is 0 Å². The van der Waals surface area contributed by atoms with Gasteiger partial charge in [-0.1, -0.05) is 42.6 Å². The average molecular weight is 301 g/mol. The van der Waals surface area contributed by atoms with Gasteiger partial charge in [-0.2, -0.15) is 0 Å². The van der Waals surface area contributed by atoms with E-state index in [2.05, 4.69) is 11.8 Å². The molecule has 1 fully saturated rings. The molecule has 2 nitrogen and oxygen atoms in total. The van der Waals surface area contributed by atoms with E-state index in [0.29, 0.717) is 17.0 Å². The number of nitrogens with two attached hydrogens (primary N) is 1. The van der Waals surface area contributed by atoms with Gasteiger partial charge in [0.25, 0.3) is 0 Å². The summed E-state index contributed by atoms with van der Waals surface area (Å²) in [4.78, 5) is 2.50. The molecule has 1 saturated carbocycles. The number of hydrogen-bond donors (Lipinski definition) is 1. The van der Waals surface area contributed by atoms with Crippen LogP contribution in [0, 0.1) is 5.92 Å². The van der Waals surface area contributed by atoms with Gasteiger partial charge < -0.3 is 5.73 Å². The summed E-state index contributed by atoms with van der Waals surface area (Å²) in [6.07, 6.45) is 3.80. The molecule has 1 aliphatic rings. The second kappa shape index (κ2) is 6.94. The Morgan fingerprint density at radius 1 is 1.32 bits per heavy atom. The highest BCUT2D eigenvalue weighted by atomic mass is 35.5. The van der Waals surface area contributed by atoms with Crippen molar-refractivity contribution in [3.05, 3.63) is 33.8 Å². The van der Waals surface area contributed by atoms with Crippen LogP contribution < -0.4 is 5.73 Å². The second-order valence-electron chi connectivity index (χ2n) is 5.29. The van der Waals surface area contributed by atoms with E-state index < -0.39 is 0 Å². The first kappa shape index (κ1) is 15.1. The number of benzene rings is 1. The monoisotopic (exact) mass is 300 g/mol. The Labute approximate surface area is 125 Å². The predicted octanol–water partition coefficient (Wildman–Crippen LogP) is 3.94. The van der Waals surface area contributed by atoms with Gasteiger partial charge in [-0.05, 0) is 49.5 Å². The van der Waals surface area contributed by atoms with E-state index in [4.69, 9.17) is 28.9 Å². The molecule has 0 heterocycles. The molecule has 2 N–H and O–H groups in total. The summed E-state index contributed by atoms with van der Waals surface area (Å²) in [5.41, 5.74) is 7.04. The topological polar surface area (TPSA) is 29.3 Å². The van der Waals surface area contributed by atoms with Gasteiger partial charge in [0.05, 0.1) is 0 Å². The minimum absolute atomic E-state index is 0.599. The molecule has 1 aromatic rings. The third-order valence-corrected chi connectivity index (χ3v) is 4.77. The zero-order valence-electron chi connectivity index (χ0n) is 11.4. The molecular formula is C15H22Cl2N2. The number of rotatable bonds is 5. The van der Waals surface area contributed by atoms with Crippen molar-refractivity contribution in [1.82, 2.24) is 4.90 Å². The van der Waals surface area contributed by atoms with Crippen molar-refractivity contribution in [3.8, 4) is 0 Å². The fourth-order valence-electron chi connectivity index (χ4n) is 3.11. The maximum Gasteiger partial charge on any atom is 0.0465 e. The summed E-state index contributed by atoms with van der Waals surface area (Å²) in [5, 5.41) is 1.45. The lowest BCUT2D eigenvalue weighted by atomic mass is 10.0. The van der Waals surface area contributed by atoms with Crippen LogP contribution in [0.2, 0.25) is 10.0 Å². The highest BCUT2D eigenvalue weighted by Gasteiger charge is 2.30. The molecule has 0 spiro atoms. The lowest BCUT2D eigenvalue weighted by Crippen LogP contribution is -2.39. The van der Waals surface area contributed by atoms with Gasteiger partial charge in [-0.25, -0.2) is 0 Å². The Kier molecular flexibility index (Phi) is 5.52. The van der Waals surface area contributed by atoms with E-state index in [1.807, 2.05) is 18.2 Å². The van der Waals surface area contributed by atoms with Crippen LogP contribution in [0.5, 0.6) is 0 Å². The van der Waals surface area contributed by atoms with E-state index in [0.717, 1.165) is 30.2 Å². The maximum atomic E-state index is 6.27. The van der Waals surface area contributed by atoms with Gasteiger partial charge in [0.15, 0.2) is 0 Å². The summed E-state index contributed by atoms with van der Waals surface area (Å²) >= 11 is 12.2. The zero-order valence-corrected chi connectivity index (χ0v) is 12.9. The molecule has 106 valence electrons. The van der Waals surface area contributed by atoms with Gasteiger partial charge in [0.1, 0.15) is 0 Å². The highest BCUT2D eigenvalue weighted by molar-refractivity contribution is 6.35. The standard InChI is InChI=1S/C15H22Cl2N2/c1-2-19(15-5-3-4-11(15)9-18)10-12-6-7-13(16)8-14(12)17/h6-8,11,15H,2-5,9-10,18H2,1H3. The largest absolute Gasteiger partial charge is 0.330 e. The molecule has 1 aromatic carbocycles. The molecule has 0 aromatic heterocycles. The number of halogens is 2. The number of hydrogen-bond acceptors (Lipinski definition) is 2. The first-order valence-corrected chi connectivity index (χ1v) is 7.79. The first-order chi connectivity index (χ1) is 9.15. The Morgan fingerprint density at radius 3 is 2.74 bits per heavy atom. The lowest BCUT2D eigenvalue weighted by molar-refractivity contribution is 0.162. The molecule has 0 bridgehead atoms. The molecule has 0 amide bonds. The van der Waals surface area contributed by atoms with Crippen molar-refractivity contribution < 1.29 is 0 Å². The average Bonchev–Trinajstić information content (AvgIpc) is 2.86. The molecule has 0 saturated heterocycles. The van der Waals surface area contributed by atoms with Crippen LogP contribution in [0.25, 0.3) is 0 Å². The molecule has 2 unspecified atom stereocenters. The van der Waals surface area contributed by atoms with Crippen molar-refractivity contribution in [3.63, 3.8) is 0 Å². The Bertz CT molecular complexity index is 423. The third-order valence-electron chi connectivity index (χ3n) is 4.19. The minimum Gasteiger partial charge on any atom is -0.330 e. The van der Waals surface area contributed by atoms with Crippen LogP contribution in [0.15, 0.2) is 18.2 Å². The zero-order chi connectivity index (χ0) is 13.8. The van der Waals surface area contributed by atoms with Crippen LogP contribution >= 0.6 is 23.2 Å². The fraction of sp³-hybridized carbons (Fsp3) is 0.600. The highest BCUT2D eigenvalue weighted by Crippen LogP contribution is 2.31. The lowest BCUT2D eigenvalue weighted by Gasteiger charge is -2.32. The van der Waals surface area contributed by atoms with Crippen molar-refractivity contribution >= 4 is 23.2 Å². The van der Waals surface area contributed by atoms with Crippen molar-refractivity contribution in [2.45, 2.75) is 38.8 Å². The molecule has 19 heavy (non-hydrogen) atoms. The van der Waals surface area contributed by atoms with Crippen LogP contribution in [-0.4, -0.2) is 24.0 Å².